The van der Waals surface area contributed by atoms with E-state index in [1.54, 1.807) is 12.1 Å². The van der Waals surface area contributed by atoms with Crippen LogP contribution in [0.2, 0.25) is 0 Å². The minimum Gasteiger partial charge on any atom is -0.480 e. The number of carbonyl (C=O) groups is 3. The maximum atomic E-state index is 12.0. The van der Waals surface area contributed by atoms with Gasteiger partial charge in [-0.3, -0.25) is 4.79 Å². The van der Waals surface area contributed by atoms with Gasteiger partial charge in [0.05, 0.1) is 0 Å². The van der Waals surface area contributed by atoms with Gasteiger partial charge in [0.15, 0.2) is 0 Å². The second-order valence-electron chi connectivity index (χ2n) is 4.80. The molecule has 0 spiro atoms. The fourth-order valence-corrected chi connectivity index (χ4v) is 2.10. The van der Waals surface area contributed by atoms with Crippen LogP contribution < -0.4 is 10.6 Å². The van der Waals surface area contributed by atoms with Gasteiger partial charge in [0, 0.05) is 19.5 Å². The van der Waals surface area contributed by atoms with E-state index in [1.807, 2.05) is 18.2 Å². The van der Waals surface area contributed by atoms with Gasteiger partial charge in [-0.05, 0) is 5.56 Å². The van der Waals surface area contributed by atoms with Crippen molar-refractivity contribution >= 4 is 17.9 Å². The summed E-state index contributed by atoms with van der Waals surface area (Å²) in [5, 5.41) is 14.3. The van der Waals surface area contributed by atoms with Crippen LogP contribution in [-0.4, -0.2) is 53.6 Å². The van der Waals surface area contributed by atoms with Crippen molar-refractivity contribution in [3.05, 3.63) is 35.9 Å². The molecular weight excluding hydrogens is 274 g/mol. The van der Waals surface area contributed by atoms with Crippen molar-refractivity contribution in [2.24, 2.45) is 0 Å². The van der Waals surface area contributed by atoms with Crippen LogP contribution in [0.25, 0.3) is 0 Å². The summed E-state index contributed by atoms with van der Waals surface area (Å²) in [6, 6.07) is 7.51. The second-order valence-corrected chi connectivity index (χ2v) is 4.80. The van der Waals surface area contributed by atoms with E-state index in [1.165, 1.54) is 4.90 Å². The fraction of sp³-hybridized carbons (Fsp3) is 0.357. The number of aliphatic carboxylic acids is 1. The Morgan fingerprint density at radius 1 is 1.33 bits per heavy atom. The van der Waals surface area contributed by atoms with Gasteiger partial charge < -0.3 is 20.6 Å². The highest BCUT2D eigenvalue weighted by Gasteiger charge is 2.26. The zero-order valence-electron chi connectivity index (χ0n) is 11.4. The third-order valence-electron chi connectivity index (χ3n) is 3.20. The van der Waals surface area contributed by atoms with E-state index in [2.05, 4.69) is 10.6 Å². The molecule has 3 N–H and O–H groups in total. The summed E-state index contributed by atoms with van der Waals surface area (Å²) < 4.78 is 0. The van der Waals surface area contributed by atoms with E-state index >= 15 is 0 Å². The van der Waals surface area contributed by atoms with Crippen molar-refractivity contribution in [3.63, 3.8) is 0 Å². The van der Waals surface area contributed by atoms with Gasteiger partial charge in [0.1, 0.15) is 12.6 Å². The smallest absolute Gasteiger partial charge is 0.326 e. The highest BCUT2D eigenvalue weighted by atomic mass is 16.4. The number of urea groups is 1. The molecule has 1 fully saturated rings. The standard InChI is InChI=1S/C14H17N3O4/c18-12-9-17(7-6-15-12)14(21)16-11(13(19)20)8-10-4-2-1-3-5-10/h1-5,11H,6-9H2,(H,15,18)(H,16,21)(H,19,20)/t11-/m1/s1. The molecule has 1 aliphatic heterocycles. The van der Waals surface area contributed by atoms with Crippen molar-refractivity contribution in [2.75, 3.05) is 19.6 Å². The number of carbonyl (C=O) groups excluding carboxylic acids is 2. The Bertz CT molecular complexity index is 532. The van der Waals surface area contributed by atoms with Gasteiger partial charge in [-0.1, -0.05) is 30.3 Å². The third kappa shape index (κ3) is 4.20. The first-order chi connectivity index (χ1) is 10.1. The van der Waals surface area contributed by atoms with Crippen LogP contribution in [0.4, 0.5) is 4.79 Å². The van der Waals surface area contributed by atoms with Gasteiger partial charge in [-0.25, -0.2) is 9.59 Å². The predicted molar refractivity (Wildman–Crippen MR) is 74.7 cm³/mol. The van der Waals surface area contributed by atoms with E-state index in [0.717, 1.165) is 5.56 Å². The molecular formula is C14H17N3O4. The molecule has 0 aromatic heterocycles. The average Bonchev–Trinajstić information content (AvgIpc) is 2.47. The summed E-state index contributed by atoms with van der Waals surface area (Å²) >= 11 is 0. The summed E-state index contributed by atoms with van der Waals surface area (Å²) in [4.78, 5) is 35.8. The van der Waals surface area contributed by atoms with Crippen LogP contribution in [0.15, 0.2) is 30.3 Å². The molecule has 1 saturated heterocycles. The Morgan fingerprint density at radius 2 is 2.05 bits per heavy atom. The largest absolute Gasteiger partial charge is 0.480 e. The van der Waals surface area contributed by atoms with Gasteiger partial charge in [-0.15, -0.1) is 0 Å². The van der Waals surface area contributed by atoms with Crippen molar-refractivity contribution in [1.82, 2.24) is 15.5 Å². The third-order valence-corrected chi connectivity index (χ3v) is 3.20. The molecule has 0 unspecified atom stereocenters. The van der Waals surface area contributed by atoms with Crippen molar-refractivity contribution in [2.45, 2.75) is 12.5 Å². The van der Waals surface area contributed by atoms with Crippen LogP contribution >= 0.6 is 0 Å². The lowest BCUT2D eigenvalue weighted by molar-refractivity contribution is -0.139. The molecule has 1 heterocycles. The van der Waals surface area contributed by atoms with E-state index in [4.69, 9.17) is 0 Å². The first kappa shape index (κ1) is 14.8. The van der Waals surface area contributed by atoms with E-state index in [0.29, 0.717) is 13.1 Å². The van der Waals surface area contributed by atoms with E-state index in [9.17, 15) is 19.5 Å². The molecule has 21 heavy (non-hydrogen) atoms. The molecule has 1 aliphatic rings. The lowest BCUT2D eigenvalue weighted by Gasteiger charge is -2.28. The Morgan fingerprint density at radius 3 is 2.67 bits per heavy atom. The summed E-state index contributed by atoms with van der Waals surface area (Å²) in [6.45, 7) is 0.696. The number of carboxylic acids is 1. The Labute approximate surface area is 121 Å². The first-order valence-electron chi connectivity index (χ1n) is 6.65. The molecule has 0 radical (unpaired) electrons. The number of piperazine rings is 1. The van der Waals surface area contributed by atoms with Gasteiger partial charge in [0.2, 0.25) is 5.91 Å². The molecule has 1 atom stereocenters. The molecule has 0 saturated carbocycles. The molecule has 0 aliphatic carbocycles. The number of nitrogens with one attached hydrogen (secondary N) is 2. The zero-order valence-corrected chi connectivity index (χ0v) is 11.4. The Hall–Kier alpha value is -2.57. The topological polar surface area (TPSA) is 98.7 Å². The van der Waals surface area contributed by atoms with Crippen LogP contribution in [0.5, 0.6) is 0 Å². The number of nitrogens with zero attached hydrogens (tertiary/aromatic N) is 1. The number of benzene rings is 1. The molecule has 112 valence electrons. The summed E-state index contributed by atoms with van der Waals surface area (Å²) in [7, 11) is 0. The molecule has 1 aromatic rings. The highest BCUT2D eigenvalue weighted by molar-refractivity contribution is 5.87. The van der Waals surface area contributed by atoms with Crippen LogP contribution in [0.1, 0.15) is 5.56 Å². The van der Waals surface area contributed by atoms with E-state index < -0.39 is 18.0 Å². The number of amides is 3. The Kier molecular flexibility index (Phi) is 4.76. The maximum absolute atomic E-state index is 12.0. The molecule has 3 amide bonds. The summed E-state index contributed by atoms with van der Waals surface area (Å²) in [6.07, 6.45) is 0.196. The number of hydrogen-bond acceptors (Lipinski definition) is 3. The van der Waals surface area contributed by atoms with Gasteiger partial charge >= 0.3 is 12.0 Å². The molecule has 1 aromatic carbocycles. The number of carboxylic acid groups (broad SMARTS) is 1. The zero-order chi connectivity index (χ0) is 15.2. The lowest BCUT2D eigenvalue weighted by Crippen LogP contribution is -2.55. The molecule has 0 bridgehead atoms. The maximum Gasteiger partial charge on any atom is 0.326 e. The fourth-order valence-electron chi connectivity index (χ4n) is 2.10. The summed E-state index contributed by atoms with van der Waals surface area (Å²) in [5.74, 6) is -1.35. The number of hydrogen-bond donors (Lipinski definition) is 3. The molecule has 2 rings (SSSR count). The minimum atomic E-state index is -1.10. The quantitative estimate of drug-likeness (QED) is 0.717. The number of rotatable bonds is 4. The monoisotopic (exact) mass is 291 g/mol. The predicted octanol–water partition coefficient (Wildman–Crippen LogP) is -0.176. The lowest BCUT2D eigenvalue weighted by atomic mass is 10.1. The van der Waals surface area contributed by atoms with Crippen molar-refractivity contribution in [3.8, 4) is 0 Å². The van der Waals surface area contributed by atoms with Crippen LogP contribution in [0, 0.1) is 0 Å². The Balaban J connectivity index is 1.97. The van der Waals surface area contributed by atoms with Gasteiger partial charge in [0.25, 0.3) is 0 Å². The average molecular weight is 291 g/mol. The van der Waals surface area contributed by atoms with Crippen LogP contribution in [0.3, 0.4) is 0 Å². The highest BCUT2D eigenvalue weighted by Crippen LogP contribution is 2.04. The van der Waals surface area contributed by atoms with Crippen molar-refractivity contribution < 1.29 is 19.5 Å². The SMILES string of the molecule is O=C1CN(C(=O)N[C@H](Cc2ccccc2)C(=O)O)CCN1. The second kappa shape index (κ2) is 6.74. The van der Waals surface area contributed by atoms with E-state index in [-0.39, 0.29) is 18.9 Å². The summed E-state index contributed by atoms with van der Waals surface area (Å²) in [5.41, 5.74) is 0.821. The van der Waals surface area contributed by atoms with Gasteiger partial charge in [-0.2, -0.15) is 0 Å². The molecule has 7 nitrogen and oxygen atoms in total. The van der Waals surface area contributed by atoms with Crippen molar-refractivity contribution in [1.29, 1.82) is 0 Å². The first-order valence-corrected chi connectivity index (χ1v) is 6.65. The molecule has 7 heteroatoms. The van der Waals surface area contributed by atoms with Crippen LogP contribution in [-0.2, 0) is 16.0 Å². The minimum absolute atomic E-state index is 0.0521. The normalized spacial score (nSPS) is 16.0.